The van der Waals surface area contributed by atoms with Crippen LogP contribution in [0.15, 0.2) is 0 Å². The van der Waals surface area contributed by atoms with Gasteiger partial charge in [-0.25, -0.2) is 4.68 Å². The number of nitrogens with two attached hydrogens (primary N) is 1. The van der Waals surface area contributed by atoms with Crippen molar-refractivity contribution in [1.29, 1.82) is 0 Å². The van der Waals surface area contributed by atoms with Gasteiger partial charge in [0.25, 0.3) is 0 Å². The van der Waals surface area contributed by atoms with Gasteiger partial charge in [-0.15, -0.1) is 0 Å². The number of ether oxygens (including phenoxy) is 1. The van der Waals surface area contributed by atoms with Crippen LogP contribution in [0.25, 0.3) is 0 Å². The molecule has 0 aromatic carbocycles. The summed E-state index contributed by atoms with van der Waals surface area (Å²) >= 11 is 5.10. The standard InChI is InChI=1S/C14H23N3OS/c1-8-5-6-11(7-9(8)2)18-14-12(13(15)19)10(3)16-17(14)4/h8-9,11H,5-7H2,1-4H3,(H2,15,19). The lowest BCUT2D eigenvalue weighted by Crippen LogP contribution is -2.30. The summed E-state index contributed by atoms with van der Waals surface area (Å²) in [5, 5.41) is 4.36. The fourth-order valence-electron chi connectivity index (χ4n) is 2.82. The average molecular weight is 281 g/mol. The molecule has 0 aliphatic heterocycles. The van der Waals surface area contributed by atoms with E-state index in [1.807, 2.05) is 14.0 Å². The summed E-state index contributed by atoms with van der Waals surface area (Å²) in [6, 6.07) is 0. The van der Waals surface area contributed by atoms with Gasteiger partial charge in [-0.05, 0) is 38.0 Å². The zero-order valence-electron chi connectivity index (χ0n) is 12.1. The summed E-state index contributed by atoms with van der Waals surface area (Å²) in [4.78, 5) is 0.359. The molecule has 1 saturated carbocycles. The molecule has 1 aromatic heterocycles. The third kappa shape index (κ3) is 2.91. The van der Waals surface area contributed by atoms with Crippen molar-refractivity contribution < 1.29 is 4.74 Å². The van der Waals surface area contributed by atoms with Crippen LogP contribution >= 0.6 is 12.2 Å². The zero-order chi connectivity index (χ0) is 14.2. The topological polar surface area (TPSA) is 53.1 Å². The third-order valence-electron chi connectivity index (χ3n) is 4.24. The second-order valence-electron chi connectivity index (χ2n) is 5.76. The molecule has 2 rings (SSSR count). The van der Waals surface area contributed by atoms with Crippen molar-refractivity contribution in [3.05, 3.63) is 11.3 Å². The number of hydrogen-bond acceptors (Lipinski definition) is 3. The Labute approximate surface area is 120 Å². The Morgan fingerprint density at radius 2 is 2.05 bits per heavy atom. The van der Waals surface area contributed by atoms with Gasteiger partial charge < -0.3 is 10.5 Å². The van der Waals surface area contributed by atoms with Crippen LogP contribution < -0.4 is 10.5 Å². The third-order valence-corrected chi connectivity index (χ3v) is 4.45. The minimum Gasteiger partial charge on any atom is -0.474 e. The molecule has 4 nitrogen and oxygen atoms in total. The number of aryl methyl sites for hydroxylation is 2. The Hall–Kier alpha value is -1.10. The highest BCUT2D eigenvalue weighted by Gasteiger charge is 2.28. The molecule has 19 heavy (non-hydrogen) atoms. The SMILES string of the molecule is Cc1nn(C)c(OC2CCC(C)C(C)C2)c1C(N)=S. The van der Waals surface area contributed by atoms with Crippen LogP contribution in [0.3, 0.4) is 0 Å². The van der Waals surface area contributed by atoms with Gasteiger partial charge in [-0.3, -0.25) is 0 Å². The molecule has 1 heterocycles. The number of thiocarbonyl (C=S) groups is 1. The van der Waals surface area contributed by atoms with E-state index in [9.17, 15) is 0 Å². The minimum atomic E-state index is 0.245. The molecule has 5 heteroatoms. The largest absolute Gasteiger partial charge is 0.474 e. The van der Waals surface area contributed by atoms with Crippen LogP contribution in [0.2, 0.25) is 0 Å². The van der Waals surface area contributed by atoms with Crippen LogP contribution in [0.1, 0.15) is 44.4 Å². The first-order valence-corrected chi connectivity index (χ1v) is 7.31. The van der Waals surface area contributed by atoms with Crippen molar-refractivity contribution in [2.45, 2.75) is 46.1 Å². The zero-order valence-corrected chi connectivity index (χ0v) is 13.0. The van der Waals surface area contributed by atoms with E-state index in [1.54, 1.807) is 4.68 Å². The minimum absolute atomic E-state index is 0.245. The Balaban J connectivity index is 2.17. The molecule has 0 spiro atoms. The average Bonchev–Trinajstić information content (AvgIpc) is 2.59. The number of aromatic nitrogens is 2. The quantitative estimate of drug-likeness (QED) is 0.865. The molecule has 1 aromatic rings. The molecule has 2 N–H and O–H groups in total. The highest BCUT2D eigenvalue weighted by molar-refractivity contribution is 7.80. The van der Waals surface area contributed by atoms with Crippen LogP contribution in [0.4, 0.5) is 0 Å². The maximum atomic E-state index is 6.15. The first-order valence-electron chi connectivity index (χ1n) is 6.90. The first-order chi connectivity index (χ1) is 8.90. The Kier molecular flexibility index (Phi) is 4.13. The monoisotopic (exact) mass is 281 g/mol. The predicted molar refractivity (Wildman–Crippen MR) is 80.4 cm³/mol. The van der Waals surface area contributed by atoms with E-state index >= 15 is 0 Å². The van der Waals surface area contributed by atoms with Gasteiger partial charge in [0, 0.05) is 7.05 Å². The highest BCUT2D eigenvalue weighted by atomic mass is 32.1. The van der Waals surface area contributed by atoms with Crippen molar-refractivity contribution in [2.24, 2.45) is 24.6 Å². The van der Waals surface area contributed by atoms with Gasteiger partial charge in [-0.1, -0.05) is 26.1 Å². The van der Waals surface area contributed by atoms with Crippen LogP contribution in [-0.4, -0.2) is 20.9 Å². The van der Waals surface area contributed by atoms with E-state index in [4.69, 9.17) is 22.7 Å². The summed E-state index contributed by atoms with van der Waals surface area (Å²) in [5.74, 6) is 2.20. The Bertz CT molecular complexity index is 483. The normalized spacial score (nSPS) is 27.3. The molecule has 3 unspecified atom stereocenters. The van der Waals surface area contributed by atoms with Crippen molar-refractivity contribution in [2.75, 3.05) is 0 Å². The fourth-order valence-corrected chi connectivity index (χ4v) is 3.05. The van der Waals surface area contributed by atoms with Gasteiger partial charge in [-0.2, -0.15) is 5.10 Å². The molecule has 1 fully saturated rings. The molecule has 0 radical (unpaired) electrons. The molecule has 0 bridgehead atoms. The molecule has 1 aliphatic carbocycles. The van der Waals surface area contributed by atoms with Crippen LogP contribution in [-0.2, 0) is 7.05 Å². The van der Waals surface area contributed by atoms with Crippen molar-refractivity contribution in [3.8, 4) is 5.88 Å². The molecule has 3 atom stereocenters. The van der Waals surface area contributed by atoms with E-state index in [-0.39, 0.29) is 6.10 Å². The molecular formula is C14H23N3OS. The predicted octanol–water partition coefficient (Wildman–Crippen LogP) is 2.57. The lowest BCUT2D eigenvalue weighted by atomic mass is 9.80. The van der Waals surface area contributed by atoms with Gasteiger partial charge in [0.05, 0.1) is 11.3 Å². The summed E-state index contributed by atoms with van der Waals surface area (Å²) in [6.45, 7) is 6.52. The van der Waals surface area contributed by atoms with E-state index < -0.39 is 0 Å². The maximum absolute atomic E-state index is 6.15. The summed E-state index contributed by atoms with van der Waals surface area (Å²) in [5.41, 5.74) is 7.40. The molecule has 106 valence electrons. The smallest absolute Gasteiger partial charge is 0.222 e. The van der Waals surface area contributed by atoms with Crippen LogP contribution in [0.5, 0.6) is 5.88 Å². The van der Waals surface area contributed by atoms with Gasteiger partial charge >= 0.3 is 0 Å². The fraction of sp³-hybridized carbons (Fsp3) is 0.714. The van der Waals surface area contributed by atoms with E-state index in [1.165, 1.54) is 6.42 Å². The second-order valence-corrected chi connectivity index (χ2v) is 6.20. The van der Waals surface area contributed by atoms with E-state index in [2.05, 4.69) is 18.9 Å². The van der Waals surface area contributed by atoms with Crippen molar-refractivity contribution in [3.63, 3.8) is 0 Å². The summed E-state index contributed by atoms with van der Waals surface area (Å²) in [7, 11) is 1.87. The lowest BCUT2D eigenvalue weighted by Gasteiger charge is -2.32. The number of rotatable bonds is 3. The van der Waals surface area contributed by atoms with E-state index in [0.717, 1.165) is 35.9 Å². The summed E-state index contributed by atoms with van der Waals surface area (Å²) in [6.07, 6.45) is 3.63. The Morgan fingerprint density at radius 3 is 2.63 bits per heavy atom. The maximum Gasteiger partial charge on any atom is 0.222 e. The van der Waals surface area contributed by atoms with E-state index in [0.29, 0.717) is 10.9 Å². The van der Waals surface area contributed by atoms with Crippen molar-refractivity contribution in [1.82, 2.24) is 9.78 Å². The second kappa shape index (κ2) is 5.49. The number of hydrogen-bond donors (Lipinski definition) is 1. The molecule has 1 aliphatic rings. The van der Waals surface area contributed by atoms with Crippen molar-refractivity contribution >= 4 is 17.2 Å². The molecular weight excluding hydrogens is 258 g/mol. The van der Waals surface area contributed by atoms with Gasteiger partial charge in [0.1, 0.15) is 11.1 Å². The number of nitrogens with zero attached hydrogens (tertiary/aromatic N) is 2. The molecule has 0 saturated heterocycles. The first kappa shape index (κ1) is 14.3. The highest BCUT2D eigenvalue weighted by Crippen LogP contribution is 2.33. The lowest BCUT2D eigenvalue weighted by molar-refractivity contribution is 0.0923. The van der Waals surface area contributed by atoms with Crippen LogP contribution in [0, 0.1) is 18.8 Å². The summed E-state index contributed by atoms with van der Waals surface area (Å²) < 4.78 is 7.89. The van der Waals surface area contributed by atoms with Gasteiger partial charge in [0.2, 0.25) is 5.88 Å². The molecule has 0 amide bonds. The Morgan fingerprint density at radius 1 is 1.37 bits per heavy atom. The van der Waals surface area contributed by atoms with Gasteiger partial charge in [0.15, 0.2) is 0 Å².